The molecule has 0 fully saturated rings. The number of pyridine rings is 1. The van der Waals surface area contributed by atoms with Crippen molar-refractivity contribution in [1.29, 1.82) is 0 Å². The van der Waals surface area contributed by atoms with E-state index in [1.54, 1.807) is 6.92 Å². The monoisotopic (exact) mass is 191 g/mol. The minimum absolute atomic E-state index is 0.271. The second-order valence-corrected chi connectivity index (χ2v) is 2.54. The van der Waals surface area contributed by atoms with Crippen molar-refractivity contribution in [2.24, 2.45) is 0 Å². The Bertz CT molecular complexity index is 309. The second kappa shape index (κ2) is 3.24. The third kappa shape index (κ3) is 2.11. The quantitative estimate of drug-likeness (QED) is 0.739. The molecule has 0 aliphatic carbocycles. The van der Waals surface area contributed by atoms with Gasteiger partial charge in [-0.05, 0) is 12.5 Å². The Hall–Kier alpha value is -1.26. The zero-order valence-corrected chi connectivity index (χ0v) is 6.89. The van der Waals surface area contributed by atoms with Gasteiger partial charge in [-0.15, -0.1) is 0 Å². The van der Waals surface area contributed by atoms with E-state index in [1.807, 2.05) is 0 Å². The van der Waals surface area contributed by atoms with Crippen LogP contribution in [0.1, 0.15) is 18.2 Å². The van der Waals surface area contributed by atoms with E-state index >= 15 is 0 Å². The fourth-order valence-corrected chi connectivity index (χ4v) is 0.909. The van der Waals surface area contributed by atoms with Crippen molar-refractivity contribution in [2.75, 3.05) is 0 Å². The SMILES string of the molecule is CCc1ncc(C(F)(F)F)cc1O. The molecule has 0 amide bonds. The Morgan fingerprint density at radius 1 is 1.46 bits per heavy atom. The largest absolute Gasteiger partial charge is 0.506 e. The first-order valence-electron chi connectivity index (χ1n) is 3.70. The summed E-state index contributed by atoms with van der Waals surface area (Å²) in [5, 5.41) is 9.09. The molecule has 0 bridgehead atoms. The highest BCUT2D eigenvalue weighted by atomic mass is 19.4. The number of aromatic nitrogens is 1. The number of nitrogens with zero attached hydrogens (tertiary/aromatic N) is 1. The molecule has 0 saturated carbocycles. The van der Waals surface area contributed by atoms with E-state index in [4.69, 9.17) is 5.11 Å². The highest BCUT2D eigenvalue weighted by molar-refractivity contribution is 5.31. The van der Waals surface area contributed by atoms with Crippen LogP contribution in [0.4, 0.5) is 13.2 Å². The van der Waals surface area contributed by atoms with Crippen molar-refractivity contribution in [3.05, 3.63) is 23.5 Å². The van der Waals surface area contributed by atoms with Crippen LogP contribution in [0.5, 0.6) is 5.75 Å². The fourth-order valence-electron chi connectivity index (χ4n) is 0.909. The summed E-state index contributed by atoms with van der Waals surface area (Å²) < 4.78 is 36.2. The highest BCUT2D eigenvalue weighted by Gasteiger charge is 2.31. The van der Waals surface area contributed by atoms with E-state index in [0.717, 1.165) is 6.20 Å². The number of rotatable bonds is 1. The topological polar surface area (TPSA) is 33.1 Å². The minimum atomic E-state index is -4.45. The Labute approximate surface area is 73.0 Å². The van der Waals surface area contributed by atoms with Gasteiger partial charge in [0, 0.05) is 6.20 Å². The number of aryl methyl sites for hydroxylation is 1. The van der Waals surface area contributed by atoms with Crippen LogP contribution in [0.2, 0.25) is 0 Å². The molecule has 72 valence electrons. The molecule has 13 heavy (non-hydrogen) atoms. The number of alkyl halides is 3. The lowest BCUT2D eigenvalue weighted by Gasteiger charge is -2.07. The zero-order valence-electron chi connectivity index (χ0n) is 6.89. The Morgan fingerprint density at radius 2 is 2.08 bits per heavy atom. The third-order valence-electron chi connectivity index (χ3n) is 1.61. The van der Waals surface area contributed by atoms with Crippen LogP contribution in [0.15, 0.2) is 12.3 Å². The summed E-state index contributed by atoms with van der Waals surface area (Å²) in [5.41, 5.74) is -0.657. The molecular weight excluding hydrogens is 183 g/mol. The molecular formula is C8H8F3NO. The molecule has 0 saturated heterocycles. The predicted molar refractivity (Wildman–Crippen MR) is 40.3 cm³/mol. The van der Waals surface area contributed by atoms with E-state index in [2.05, 4.69) is 4.98 Å². The van der Waals surface area contributed by atoms with Gasteiger partial charge in [-0.2, -0.15) is 13.2 Å². The molecule has 0 radical (unpaired) electrons. The van der Waals surface area contributed by atoms with Crippen LogP contribution >= 0.6 is 0 Å². The predicted octanol–water partition coefficient (Wildman–Crippen LogP) is 2.37. The van der Waals surface area contributed by atoms with Crippen LogP contribution in [-0.2, 0) is 12.6 Å². The lowest BCUT2D eigenvalue weighted by Crippen LogP contribution is -2.06. The van der Waals surface area contributed by atoms with E-state index in [9.17, 15) is 13.2 Å². The summed E-state index contributed by atoms with van der Waals surface area (Å²) in [6, 6.07) is 0.686. The first kappa shape index (κ1) is 9.83. The highest BCUT2D eigenvalue weighted by Crippen LogP contribution is 2.31. The van der Waals surface area contributed by atoms with Crippen molar-refractivity contribution in [3.63, 3.8) is 0 Å². The Kier molecular flexibility index (Phi) is 2.45. The van der Waals surface area contributed by atoms with Crippen LogP contribution in [-0.4, -0.2) is 10.1 Å². The smallest absolute Gasteiger partial charge is 0.418 e. The van der Waals surface area contributed by atoms with Gasteiger partial charge in [-0.25, -0.2) is 0 Å². The molecule has 0 spiro atoms. The van der Waals surface area contributed by atoms with Crippen LogP contribution < -0.4 is 0 Å². The van der Waals surface area contributed by atoms with E-state index in [0.29, 0.717) is 12.5 Å². The minimum Gasteiger partial charge on any atom is -0.506 e. The van der Waals surface area contributed by atoms with Gasteiger partial charge in [0.1, 0.15) is 5.75 Å². The Balaban J connectivity index is 3.10. The van der Waals surface area contributed by atoms with Crippen molar-refractivity contribution >= 4 is 0 Å². The van der Waals surface area contributed by atoms with E-state index < -0.39 is 17.5 Å². The lowest BCUT2D eigenvalue weighted by molar-refractivity contribution is -0.138. The van der Waals surface area contributed by atoms with Crippen LogP contribution in [0, 0.1) is 0 Å². The summed E-state index contributed by atoms with van der Waals surface area (Å²) in [6.45, 7) is 1.70. The summed E-state index contributed by atoms with van der Waals surface area (Å²) >= 11 is 0. The average Bonchev–Trinajstić information content (AvgIpc) is 2.02. The van der Waals surface area contributed by atoms with Gasteiger partial charge in [0.15, 0.2) is 0 Å². The van der Waals surface area contributed by atoms with Gasteiger partial charge >= 0.3 is 6.18 Å². The molecule has 1 heterocycles. The third-order valence-corrected chi connectivity index (χ3v) is 1.61. The van der Waals surface area contributed by atoms with Crippen LogP contribution in [0.25, 0.3) is 0 Å². The maximum Gasteiger partial charge on any atom is 0.418 e. The maximum atomic E-state index is 12.1. The number of hydrogen-bond donors (Lipinski definition) is 1. The maximum absolute atomic E-state index is 12.1. The molecule has 0 aromatic carbocycles. The molecule has 0 aliphatic rings. The molecule has 0 atom stereocenters. The second-order valence-electron chi connectivity index (χ2n) is 2.54. The fraction of sp³-hybridized carbons (Fsp3) is 0.375. The number of hydrogen-bond acceptors (Lipinski definition) is 2. The molecule has 1 aromatic rings. The average molecular weight is 191 g/mol. The van der Waals surface area contributed by atoms with Gasteiger partial charge in [0.2, 0.25) is 0 Å². The molecule has 1 aromatic heterocycles. The summed E-state index contributed by atoms with van der Waals surface area (Å²) in [4.78, 5) is 3.49. The van der Waals surface area contributed by atoms with Crippen molar-refractivity contribution in [1.82, 2.24) is 4.98 Å². The number of aromatic hydroxyl groups is 1. The van der Waals surface area contributed by atoms with Gasteiger partial charge in [-0.1, -0.05) is 6.92 Å². The van der Waals surface area contributed by atoms with E-state index in [1.165, 1.54) is 0 Å². The molecule has 0 unspecified atom stereocenters. The molecule has 1 rings (SSSR count). The Morgan fingerprint density at radius 3 is 2.46 bits per heavy atom. The summed E-state index contributed by atoms with van der Waals surface area (Å²) in [5.74, 6) is -0.405. The van der Waals surface area contributed by atoms with Crippen molar-refractivity contribution < 1.29 is 18.3 Å². The number of halogens is 3. The molecule has 0 aliphatic heterocycles. The van der Waals surface area contributed by atoms with Gasteiger partial charge in [0.05, 0.1) is 11.3 Å². The molecule has 5 heteroatoms. The van der Waals surface area contributed by atoms with Gasteiger partial charge in [0.25, 0.3) is 0 Å². The van der Waals surface area contributed by atoms with Gasteiger partial charge < -0.3 is 5.11 Å². The summed E-state index contributed by atoms with van der Waals surface area (Å²) in [7, 11) is 0. The normalized spacial score (nSPS) is 11.7. The van der Waals surface area contributed by atoms with Crippen molar-refractivity contribution in [3.8, 4) is 5.75 Å². The van der Waals surface area contributed by atoms with Gasteiger partial charge in [-0.3, -0.25) is 4.98 Å². The molecule has 1 N–H and O–H groups in total. The zero-order chi connectivity index (χ0) is 10.1. The first-order chi connectivity index (χ1) is 5.95. The van der Waals surface area contributed by atoms with E-state index in [-0.39, 0.29) is 5.69 Å². The van der Waals surface area contributed by atoms with Crippen LogP contribution in [0.3, 0.4) is 0 Å². The molecule has 2 nitrogen and oxygen atoms in total. The first-order valence-corrected chi connectivity index (χ1v) is 3.70. The standard InChI is InChI=1S/C8H8F3NO/c1-2-6-7(13)3-5(4-12-6)8(9,10)11/h3-4,13H,2H2,1H3. The summed E-state index contributed by atoms with van der Waals surface area (Å²) in [6.07, 6.45) is -3.32. The lowest BCUT2D eigenvalue weighted by atomic mass is 10.2. The van der Waals surface area contributed by atoms with Crippen molar-refractivity contribution in [2.45, 2.75) is 19.5 Å².